The summed E-state index contributed by atoms with van der Waals surface area (Å²) in [5.41, 5.74) is 2.27. The number of thiophene rings is 1. The molecule has 2 N–H and O–H groups in total. The number of hydrogen-bond acceptors (Lipinski definition) is 9. The molecule has 10 nitrogen and oxygen atoms in total. The summed E-state index contributed by atoms with van der Waals surface area (Å²) in [4.78, 5) is 42.2. The third kappa shape index (κ3) is 4.44. The number of nitrogens with zero attached hydrogens (tertiary/aromatic N) is 3. The van der Waals surface area contributed by atoms with Gasteiger partial charge in [-0.1, -0.05) is 23.9 Å². The Kier molecular flexibility index (Phi) is 6.65. The maximum absolute atomic E-state index is 12.7. The minimum absolute atomic E-state index is 0.0282. The number of H-pyrrole nitrogens is 1. The van der Waals surface area contributed by atoms with Crippen LogP contribution in [0.25, 0.3) is 16.8 Å². The molecule has 0 atom stereocenters. The number of carbonyl (C=O) groups excluding carboxylic acids is 3. The van der Waals surface area contributed by atoms with Crippen LogP contribution in [-0.2, 0) is 14.3 Å². The van der Waals surface area contributed by atoms with Gasteiger partial charge in [0, 0.05) is 0 Å². The average molecular weight is 488 g/mol. The number of para-hydroxylation sites is 2. The van der Waals surface area contributed by atoms with Gasteiger partial charge in [0.05, 0.1) is 35.6 Å². The molecule has 12 heteroatoms. The molecule has 0 saturated carbocycles. The molecule has 0 aliphatic heterocycles. The van der Waals surface area contributed by atoms with Gasteiger partial charge < -0.3 is 14.8 Å². The van der Waals surface area contributed by atoms with Gasteiger partial charge in [0.2, 0.25) is 11.7 Å². The van der Waals surface area contributed by atoms with Crippen LogP contribution in [0.3, 0.4) is 0 Å². The van der Waals surface area contributed by atoms with Crippen molar-refractivity contribution in [2.24, 2.45) is 0 Å². The van der Waals surface area contributed by atoms with E-state index in [0.29, 0.717) is 16.5 Å². The maximum Gasteiger partial charge on any atom is 0.348 e. The molecule has 1 amide bonds. The van der Waals surface area contributed by atoms with E-state index in [2.05, 4.69) is 20.5 Å². The van der Waals surface area contributed by atoms with Gasteiger partial charge in [-0.05, 0) is 38.5 Å². The van der Waals surface area contributed by atoms with Gasteiger partial charge in [-0.3, -0.25) is 9.20 Å². The Bertz CT molecular complexity index is 1360. The number of anilines is 1. The number of esters is 2. The van der Waals surface area contributed by atoms with E-state index in [-0.39, 0.29) is 40.3 Å². The Morgan fingerprint density at radius 2 is 1.88 bits per heavy atom. The summed E-state index contributed by atoms with van der Waals surface area (Å²) in [5, 5.41) is 10.7. The van der Waals surface area contributed by atoms with E-state index in [9.17, 15) is 14.4 Å². The Morgan fingerprint density at radius 3 is 2.64 bits per heavy atom. The molecule has 33 heavy (non-hydrogen) atoms. The highest BCUT2D eigenvalue weighted by atomic mass is 32.2. The lowest BCUT2D eigenvalue weighted by molar-refractivity contribution is -0.113. The lowest BCUT2D eigenvalue weighted by Crippen LogP contribution is -2.16. The lowest BCUT2D eigenvalue weighted by atomic mass is 10.1. The Morgan fingerprint density at radius 1 is 1.15 bits per heavy atom. The standard InChI is InChI=1S/C21H21N5O5S2/c1-4-30-18(28)15-11(3)16(19(29)31-5-2)33-17(15)23-14(27)10-32-21-25-24-20-22-12-8-6-7-9-13(12)26(20)21/h6-9H,4-5,10H2,1-3H3,(H,22,24)(H,23,27). The third-order valence-electron chi connectivity index (χ3n) is 4.68. The smallest absolute Gasteiger partial charge is 0.348 e. The van der Waals surface area contributed by atoms with Crippen molar-refractivity contribution >= 4 is 62.8 Å². The minimum Gasteiger partial charge on any atom is -0.462 e. The Labute approximate surface area is 196 Å². The topological polar surface area (TPSA) is 128 Å². The zero-order valence-corrected chi connectivity index (χ0v) is 19.8. The quantitative estimate of drug-likeness (QED) is 0.285. The zero-order valence-electron chi connectivity index (χ0n) is 18.1. The van der Waals surface area contributed by atoms with Crippen molar-refractivity contribution in [2.75, 3.05) is 24.3 Å². The first-order valence-electron chi connectivity index (χ1n) is 10.2. The summed E-state index contributed by atoms with van der Waals surface area (Å²) >= 11 is 2.21. The van der Waals surface area contributed by atoms with Gasteiger partial charge in [0.25, 0.3) is 0 Å². The number of amides is 1. The molecule has 0 aliphatic carbocycles. The highest BCUT2D eigenvalue weighted by Crippen LogP contribution is 2.34. The second-order valence-corrected chi connectivity index (χ2v) is 8.77. The van der Waals surface area contributed by atoms with Gasteiger partial charge in [-0.25, -0.2) is 19.7 Å². The van der Waals surface area contributed by atoms with Crippen LogP contribution in [0.15, 0.2) is 29.4 Å². The van der Waals surface area contributed by atoms with Crippen molar-refractivity contribution in [3.05, 3.63) is 40.3 Å². The molecular formula is C21H21N5O5S2. The minimum atomic E-state index is -0.608. The van der Waals surface area contributed by atoms with E-state index in [0.717, 1.165) is 22.4 Å². The highest BCUT2D eigenvalue weighted by Gasteiger charge is 2.27. The fourth-order valence-electron chi connectivity index (χ4n) is 3.27. The molecule has 0 bridgehead atoms. The lowest BCUT2D eigenvalue weighted by Gasteiger charge is -2.07. The van der Waals surface area contributed by atoms with Gasteiger partial charge in [-0.2, -0.15) is 0 Å². The van der Waals surface area contributed by atoms with Crippen molar-refractivity contribution in [2.45, 2.75) is 25.9 Å². The van der Waals surface area contributed by atoms with Gasteiger partial charge >= 0.3 is 11.9 Å². The van der Waals surface area contributed by atoms with Crippen molar-refractivity contribution in [3.63, 3.8) is 0 Å². The average Bonchev–Trinajstić information content (AvgIpc) is 3.44. The highest BCUT2D eigenvalue weighted by molar-refractivity contribution is 7.99. The fourth-order valence-corrected chi connectivity index (χ4v) is 5.14. The maximum atomic E-state index is 12.7. The number of benzene rings is 1. The fraction of sp³-hybridized carbons (Fsp3) is 0.286. The van der Waals surface area contributed by atoms with Crippen molar-refractivity contribution in [1.82, 2.24) is 19.6 Å². The van der Waals surface area contributed by atoms with Crippen molar-refractivity contribution in [1.29, 1.82) is 0 Å². The molecule has 3 heterocycles. The number of carbonyl (C=O) groups is 3. The number of fused-ring (bicyclic) bond motifs is 3. The number of imidazole rings is 1. The van der Waals surface area contributed by atoms with E-state index in [1.54, 1.807) is 20.8 Å². The summed E-state index contributed by atoms with van der Waals surface area (Å²) < 4.78 is 12.0. The summed E-state index contributed by atoms with van der Waals surface area (Å²) in [5.74, 6) is -0.908. The first-order valence-corrected chi connectivity index (χ1v) is 12.0. The van der Waals surface area contributed by atoms with Crippen LogP contribution in [-0.4, -0.2) is 56.4 Å². The van der Waals surface area contributed by atoms with Crippen LogP contribution >= 0.6 is 23.1 Å². The number of aromatic nitrogens is 4. The predicted molar refractivity (Wildman–Crippen MR) is 125 cm³/mol. The number of rotatable bonds is 8. The van der Waals surface area contributed by atoms with Crippen LogP contribution in [0.1, 0.15) is 39.4 Å². The van der Waals surface area contributed by atoms with Crippen molar-refractivity contribution in [3.8, 4) is 0 Å². The van der Waals surface area contributed by atoms with Crippen LogP contribution in [0.4, 0.5) is 5.00 Å². The molecule has 172 valence electrons. The van der Waals surface area contributed by atoms with Crippen LogP contribution < -0.4 is 5.32 Å². The molecule has 0 unspecified atom stereocenters. The van der Waals surface area contributed by atoms with Crippen LogP contribution in [0.5, 0.6) is 0 Å². The first kappa shape index (κ1) is 22.8. The van der Waals surface area contributed by atoms with E-state index >= 15 is 0 Å². The van der Waals surface area contributed by atoms with Gasteiger partial charge in [0.15, 0.2) is 5.16 Å². The summed E-state index contributed by atoms with van der Waals surface area (Å²) in [6.07, 6.45) is 0. The van der Waals surface area contributed by atoms with Gasteiger partial charge in [0.1, 0.15) is 9.88 Å². The predicted octanol–water partition coefficient (Wildman–Crippen LogP) is 3.66. The summed E-state index contributed by atoms with van der Waals surface area (Å²) in [6.45, 7) is 5.38. The number of thioether (sulfide) groups is 1. The van der Waals surface area contributed by atoms with Crippen molar-refractivity contribution < 1.29 is 23.9 Å². The van der Waals surface area contributed by atoms with E-state index in [4.69, 9.17) is 9.47 Å². The third-order valence-corrected chi connectivity index (χ3v) is 6.80. The normalized spacial score (nSPS) is 11.1. The molecule has 0 saturated heterocycles. The Hall–Kier alpha value is -3.38. The number of nitrogens with one attached hydrogen (secondary N) is 2. The molecule has 1 aromatic carbocycles. The SMILES string of the molecule is CCOC(=O)c1sc(NC(=O)CSc2n[nH]c3nc4ccccc4n23)c(C(=O)OCC)c1C. The van der Waals surface area contributed by atoms with Crippen LogP contribution in [0.2, 0.25) is 0 Å². The number of ether oxygens (including phenoxy) is 2. The number of hydrogen-bond donors (Lipinski definition) is 2. The zero-order chi connectivity index (χ0) is 23.5. The van der Waals surface area contributed by atoms with E-state index in [1.165, 1.54) is 11.8 Å². The molecule has 4 aromatic rings. The first-order chi connectivity index (χ1) is 15.9. The second-order valence-electron chi connectivity index (χ2n) is 6.80. The molecule has 0 radical (unpaired) electrons. The summed E-state index contributed by atoms with van der Waals surface area (Å²) in [6, 6.07) is 7.62. The molecule has 4 rings (SSSR count). The monoisotopic (exact) mass is 487 g/mol. The van der Waals surface area contributed by atoms with Crippen LogP contribution in [0, 0.1) is 6.92 Å². The molecule has 3 aromatic heterocycles. The molecule has 0 fully saturated rings. The molecule has 0 spiro atoms. The second kappa shape index (κ2) is 9.63. The largest absolute Gasteiger partial charge is 0.462 e. The van der Waals surface area contributed by atoms with Gasteiger partial charge in [-0.15, -0.1) is 16.4 Å². The summed E-state index contributed by atoms with van der Waals surface area (Å²) in [7, 11) is 0. The Balaban J connectivity index is 1.54. The van der Waals surface area contributed by atoms with E-state index < -0.39 is 11.9 Å². The molecular weight excluding hydrogens is 466 g/mol. The van der Waals surface area contributed by atoms with E-state index in [1.807, 2.05) is 28.7 Å². The molecule has 0 aliphatic rings. The number of aromatic amines is 1.